The minimum Gasteiger partial charge on any atom is -0.490 e. The second-order valence-electron chi connectivity index (χ2n) is 6.12. The van der Waals surface area contributed by atoms with Crippen molar-refractivity contribution in [2.75, 3.05) is 25.1 Å². The highest BCUT2D eigenvalue weighted by atomic mass is 16.6. The van der Waals surface area contributed by atoms with E-state index in [0.29, 0.717) is 18.1 Å². The Morgan fingerprint density at radius 2 is 1.56 bits per heavy atom. The molecule has 0 saturated heterocycles. The van der Waals surface area contributed by atoms with Crippen LogP contribution in [0.2, 0.25) is 0 Å². The van der Waals surface area contributed by atoms with E-state index in [1.807, 2.05) is 51.1 Å². The minimum absolute atomic E-state index is 0.267. The lowest BCUT2D eigenvalue weighted by atomic mass is 10.0. The number of amides is 1. The molecule has 6 nitrogen and oxygen atoms in total. The highest BCUT2D eigenvalue weighted by Crippen LogP contribution is 2.26. The number of hydrogen-bond donors (Lipinski definition) is 1. The second-order valence-corrected chi connectivity index (χ2v) is 6.12. The summed E-state index contributed by atoms with van der Waals surface area (Å²) in [5, 5.41) is 2.77. The third-order valence-electron chi connectivity index (χ3n) is 3.72. The van der Waals surface area contributed by atoms with Gasteiger partial charge in [0.25, 0.3) is 5.91 Å². The van der Waals surface area contributed by atoms with Crippen LogP contribution in [0.25, 0.3) is 0 Å². The number of para-hydroxylation sites is 3. The monoisotopic (exact) mass is 371 g/mol. The van der Waals surface area contributed by atoms with Gasteiger partial charge in [-0.05, 0) is 36.6 Å². The van der Waals surface area contributed by atoms with E-state index in [0.717, 1.165) is 11.3 Å². The van der Waals surface area contributed by atoms with Crippen LogP contribution in [0.5, 0.6) is 11.5 Å². The minimum atomic E-state index is -0.631. The average Bonchev–Trinajstić information content (AvgIpc) is 2.66. The van der Waals surface area contributed by atoms with Gasteiger partial charge in [-0.3, -0.25) is 4.79 Å². The molecule has 0 aliphatic carbocycles. The van der Waals surface area contributed by atoms with Crippen LogP contribution in [-0.2, 0) is 14.3 Å². The Bertz CT molecular complexity index is 773. The summed E-state index contributed by atoms with van der Waals surface area (Å²) < 4.78 is 15.8. The van der Waals surface area contributed by atoms with E-state index in [-0.39, 0.29) is 19.1 Å². The molecule has 0 saturated carbocycles. The Labute approximate surface area is 159 Å². The van der Waals surface area contributed by atoms with Crippen LogP contribution in [0, 0.1) is 0 Å². The number of esters is 1. The maximum absolute atomic E-state index is 12.1. The molecule has 144 valence electrons. The fraction of sp³-hybridized carbons (Fsp3) is 0.333. The summed E-state index contributed by atoms with van der Waals surface area (Å²) in [7, 11) is 0. The molecule has 0 aromatic heterocycles. The van der Waals surface area contributed by atoms with Gasteiger partial charge in [0.05, 0.1) is 6.61 Å². The first-order chi connectivity index (χ1) is 13.0. The molecule has 2 aromatic rings. The number of carbonyl (C=O) groups is 2. The molecule has 0 fully saturated rings. The molecule has 6 heteroatoms. The van der Waals surface area contributed by atoms with E-state index in [1.165, 1.54) is 0 Å². The molecular weight excluding hydrogens is 346 g/mol. The molecule has 2 rings (SSSR count). The van der Waals surface area contributed by atoms with E-state index in [4.69, 9.17) is 14.2 Å². The molecule has 1 N–H and O–H groups in total. The van der Waals surface area contributed by atoms with Gasteiger partial charge in [-0.25, -0.2) is 4.79 Å². The smallest absolute Gasteiger partial charge is 0.344 e. The predicted molar refractivity (Wildman–Crippen MR) is 103 cm³/mol. The number of anilines is 1. The Hall–Kier alpha value is -3.02. The first kappa shape index (κ1) is 20.3. The summed E-state index contributed by atoms with van der Waals surface area (Å²) in [6, 6.07) is 14.6. The first-order valence-corrected chi connectivity index (χ1v) is 8.90. The number of hydrogen-bond acceptors (Lipinski definition) is 5. The summed E-state index contributed by atoms with van der Waals surface area (Å²) >= 11 is 0. The third-order valence-corrected chi connectivity index (χ3v) is 3.72. The Morgan fingerprint density at radius 1 is 0.926 bits per heavy atom. The fourth-order valence-corrected chi connectivity index (χ4v) is 2.47. The van der Waals surface area contributed by atoms with Crippen molar-refractivity contribution in [1.29, 1.82) is 0 Å². The van der Waals surface area contributed by atoms with Crippen LogP contribution in [0.1, 0.15) is 32.3 Å². The second kappa shape index (κ2) is 10.2. The van der Waals surface area contributed by atoms with E-state index in [9.17, 15) is 9.59 Å². The van der Waals surface area contributed by atoms with Crippen molar-refractivity contribution in [2.24, 2.45) is 0 Å². The topological polar surface area (TPSA) is 73.9 Å². The molecule has 0 atom stereocenters. The summed E-state index contributed by atoms with van der Waals surface area (Å²) in [5.74, 6) is 0.241. The molecule has 1 amide bonds. The van der Waals surface area contributed by atoms with Gasteiger partial charge in [0, 0.05) is 5.69 Å². The zero-order chi connectivity index (χ0) is 19.6. The standard InChI is InChI=1S/C21H25NO5/c1-4-25-18-11-7-8-12-19(18)26-14-21(24)27-13-20(23)22-17-10-6-5-9-16(17)15(2)3/h5-12,15H,4,13-14H2,1-3H3,(H,22,23). The number of rotatable bonds is 9. The summed E-state index contributed by atoms with van der Waals surface area (Å²) in [6.07, 6.45) is 0. The normalized spacial score (nSPS) is 10.4. The number of carbonyl (C=O) groups excluding carboxylic acids is 2. The third kappa shape index (κ3) is 6.33. The highest BCUT2D eigenvalue weighted by molar-refractivity contribution is 5.93. The van der Waals surface area contributed by atoms with Gasteiger partial charge >= 0.3 is 5.97 Å². The summed E-state index contributed by atoms with van der Waals surface area (Å²) in [6.45, 7) is 5.76. The molecule has 0 aliphatic heterocycles. The quantitative estimate of drug-likeness (QED) is 0.679. The predicted octanol–water partition coefficient (Wildman–Crippen LogP) is 3.77. The molecule has 0 unspecified atom stereocenters. The van der Waals surface area contributed by atoms with Crippen molar-refractivity contribution in [2.45, 2.75) is 26.7 Å². The molecule has 0 heterocycles. The van der Waals surface area contributed by atoms with Crippen LogP contribution in [0.4, 0.5) is 5.69 Å². The van der Waals surface area contributed by atoms with Crippen LogP contribution in [0.3, 0.4) is 0 Å². The lowest BCUT2D eigenvalue weighted by Gasteiger charge is -2.14. The number of benzene rings is 2. The van der Waals surface area contributed by atoms with E-state index in [1.54, 1.807) is 18.2 Å². The van der Waals surface area contributed by atoms with Gasteiger partial charge in [-0.15, -0.1) is 0 Å². The molecule has 2 aromatic carbocycles. The average molecular weight is 371 g/mol. The Balaban J connectivity index is 1.81. The van der Waals surface area contributed by atoms with Crippen molar-refractivity contribution >= 4 is 17.6 Å². The zero-order valence-electron chi connectivity index (χ0n) is 15.9. The molecule has 0 radical (unpaired) electrons. The van der Waals surface area contributed by atoms with Crippen molar-refractivity contribution in [1.82, 2.24) is 0 Å². The van der Waals surface area contributed by atoms with Crippen LogP contribution in [-0.4, -0.2) is 31.7 Å². The Kier molecular flexibility index (Phi) is 7.67. The van der Waals surface area contributed by atoms with Gasteiger partial charge in [-0.2, -0.15) is 0 Å². The first-order valence-electron chi connectivity index (χ1n) is 8.90. The van der Waals surface area contributed by atoms with Gasteiger partial charge in [0.2, 0.25) is 0 Å². The molecular formula is C21H25NO5. The van der Waals surface area contributed by atoms with Gasteiger partial charge in [0.15, 0.2) is 24.7 Å². The summed E-state index contributed by atoms with van der Waals surface area (Å²) in [4.78, 5) is 23.9. The van der Waals surface area contributed by atoms with E-state index < -0.39 is 11.9 Å². The highest BCUT2D eigenvalue weighted by Gasteiger charge is 2.13. The lowest BCUT2D eigenvalue weighted by Crippen LogP contribution is -2.24. The number of nitrogens with one attached hydrogen (secondary N) is 1. The maximum atomic E-state index is 12.1. The fourth-order valence-electron chi connectivity index (χ4n) is 2.47. The van der Waals surface area contributed by atoms with Gasteiger partial charge < -0.3 is 19.5 Å². The van der Waals surface area contributed by atoms with Gasteiger partial charge in [-0.1, -0.05) is 44.2 Å². The maximum Gasteiger partial charge on any atom is 0.344 e. The van der Waals surface area contributed by atoms with Crippen molar-refractivity contribution in [3.05, 3.63) is 54.1 Å². The van der Waals surface area contributed by atoms with E-state index >= 15 is 0 Å². The lowest BCUT2D eigenvalue weighted by molar-refractivity contribution is -0.149. The molecule has 0 bridgehead atoms. The zero-order valence-corrected chi connectivity index (χ0v) is 15.9. The number of ether oxygens (including phenoxy) is 3. The molecule has 27 heavy (non-hydrogen) atoms. The molecule has 0 spiro atoms. The summed E-state index contributed by atoms with van der Waals surface area (Å²) in [5.41, 5.74) is 1.74. The van der Waals surface area contributed by atoms with Crippen molar-refractivity contribution < 1.29 is 23.8 Å². The Morgan fingerprint density at radius 3 is 2.22 bits per heavy atom. The van der Waals surface area contributed by atoms with Crippen LogP contribution < -0.4 is 14.8 Å². The molecule has 0 aliphatic rings. The van der Waals surface area contributed by atoms with Gasteiger partial charge in [0.1, 0.15) is 0 Å². The van der Waals surface area contributed by atoms with Crippen molar-refractivity contribution in [3.63, 3.8) is 0 Å². The van der Waals surface area contributed by atoms with Crippen LogP contribution in [0.15, 0.2) is 48.5 Å². The SMILES string of the molecule is CCOc1ccccc1OCC(=O)OCC(=O)Nc1ccccc1C(C)C. The van der Waals surface area contributed by atoms with Crippen molar-refractivity contribution in [3.8, 4) is 11.5 Å². The largest absolute Gasteiger partial charge is 0.490 e. The van der Waals surface area contributed by atoms with E-state index in [2.05, 4.69) is 5.32 Å². The van der Waals surface area contributed by atoms with Crippen LogP contribution >= 0.6 is 0 Å².